The normalized spacial score (nSPS) is 36.5. The molecule has 0 amide bonds. The number of piperidine rings is 1. The summed E-state index contributed by atoms with van der Waals surface area (Å²) >= 11 is 0. The Morgan fingerprint density at radius 1 is 1.57 bits per heavy atom. The average molecular weight is 199 g/mol. The van der Waals surface area contributed by atoms with E-state index in [0.717, 1.165) is 19.6 Å². The molecule has 1 N–H and O–H groups in total. The summed E-state index contributed by atoms with van der Waals surface area (Å²) in [6, 6.07) is 0.359. The molecule has 80 valence electrons. The highest BCUT2D eigenvalue weighted by Gasteiger charge is 2.41. The van der Waals surface area contributed by atoms with Gasteiger partial charge in [-0.3, -0.25) is 4.79 Å². The number of hydrogen-bond acceptors (Lipinski definition) is 4. The molecule has 0 aromatic carbocycles. The Balaban J connectivity index is 1.99. The second-order valence-corrected chi connectivity index (χ2v) is 3.91. The van der Waals surface area contributed by atoms with Gasteiger partial charge >= 0.3 is 5.97 Å². The molecule has 0 saturated carbocycles. The molecule has 0 aromatic rings. The summed E-state index contributed by atoms with van der Waals surface area (Å²) in [5, 5.41) is 3.38. The highest BCUT2D eigenvalue weighted by Crippen LogP contribution is 2.29. The smallest absolute Gasteiger partial charge is 0.309 e. The van der Waals surface area contributed by atoms with E-state index in [1.165, 1.54) is 0 Å². The lowest BCUT2D eigenvalue weighted by atomic mass is 9.83. The number of ether oxygens (including phenoxy) is 2. The van der Waals surface area contributed by atoms with Crippen LogP contribution in [-0.4, -0.2) is 38.4 Å². The van der Waals surface area contributed by atoms with Crippen LogP contribution in [0, 0.1) is 11.8 Å². The highest BCUT2D eigenvalue weighted by molar-refractivity contribution is 5.73. The lowest BCUT2D eigenvalue weighted by molar-refractivity contribution is -0.151. The van der Waals surface area contributed by atoms with E-state index in [4.69, 9.17) is 9.47 Å². The van der Waals surface area contributed by atoms with Crippen LogP contribution in [0.15, 0.2) is 0 Å². The van der Waals surface area contributed by atoms with Gasteiger partial charge in [0.2, 0.25) is 0 Å². The maximum Gasteiger partial charge on any atom is 0.309 e. The van der Waals surface area contributed by atoms with E-state index in [1.54, 1.807) is 0 Å². The van der Waals surface area contributed by atoms with Crippen LogP contribution in [-0.2, 0) is 14.3 Å². The minimum Gasteiger partial charge on any atom is -0.466 e. The Labute approximate surface area is 84.0 Å². The molecule has 2 heterocycles. The van der Waals surface area contributed by atoms with Crippen LogP contribution < -0.4 is 5.32 Å². The van der Waals surface area contributed by atoms with E-state index in [0.29, 0.717) is 25.2 Å². The monoisotopic (exact) mass is 199 g/mol. The Morgan fingerprint density at radius 3 is 3.21 bits per heavy atom. The van der Waals surface area contributed by atoms with Gasteiger partial charge in [0, 0.05) is 12.0 Å². The van der Waals surface area contributed by atoms with Crippen molar-refractivity contribution in [1.29, 1.82) is 0 Å². The average Bonchev–Trinajstić information content (AvgIpc) is 2.65. The number of carbonyl (C=O) groups excluding carboxylic acids is 1. The van der Waals surface area contributed by atoms with Crippen LogP contribution >= 0.6 is 0 Å². The van der Waals surface area contributed by atoms with Gasteiger partial charge in [-0.2, -0.15) is 0 Å². The minimum absolute atomic E-state index is 0.0451. The molecule has 14 heavy (non-hydrogen) atoms. The fourth-order valence-corrected chi connectivity index (χ4v) is 2.36. The topological polar surface area (TPSA) is 47.6 Å². The molecular weight excluding hydrogens is 182 g/mol. The quantitative estimate of drug-likeness (QED) is 0.644. The zero-order chi connectivity index (χ0) is 9.97. The van der Waals surface area contributed by atoms with Crippen molar-refractivity contribution in [2.75, 3.05) is 26.4 Å². The van der Waals surface area contributed by atoms with Crippen molar-refractivity contribution < 1.29 is 14.3 Å². The third kappa shape index (κ3) is 1.77. The molecule has 1 unspecified atom stereocenters. The first-order valence-electron chi connectivity index (χ1n) is 5.30. The number of hydrogen-bond donors (Lipinski definition) is 1. The highest BCUT2D eigenvalue weighted by atomic mass is 16.5. The number of esters is 1. The van der Waals surface area contributed by atoms with Crippen molar-refractivity contribution in [2.24, 2.45) is 11.8 Å². The predicted molar refractivity (Wildman–Crippen MR) is 50.8 cm³/mol. The van der Waals surface area contributed by atoms with Crippen molar-refractivity contribution >= 4 is 5.97 Å². The van der Waals surface area contributed by atoms with Gasteiger partial charge in [0.05, 0.1) is 25.7 Å². The van der Waals surface area contributed by atoms with Crippen LogP contribution in [0.3, 0.4) is 0 Å². The Bertz CT molecular complexity index is 219. The molecule has 2 aliphatic heterocycles. The van der Waals surface area contributed by atoms with Crippen molar-refractivity contribution in [3.05, 3.63) is 0 Å². The van der Waals surface area contributed by atoms with Crippen molar-refractivity contribution in [3.63, 3.8) is 0 Å². The van der Waals surface area contributed by atoms with E-state index in [2.05, 4.69) is 5.32 Å². The number of carbonyl (C=O) groups is 1. The van der Waals surface area contributed by atoms with Gasteiger partial charge in [-0.05, 0) is 19.9 Å². The molecule has 4 heteroatoms. The second kappa shape index (κ2) is 4.28. The van der Waals surface area contributed by atoms with Gasteiger partial charge < -0.3 is 14.8 Å². The fraction of sp³-hybridized carbons (Fsp3) is 0.900. The molecule has 2 rings (SSSR count). The summed E-state index contributed by atoms with van der Waals surface area (Å²) in [7, 11) is 0. The molecule has 4 nitrogen and oxygen atoms in total. The summed E-state index contributed by atoms with van der Waals surface area (Å²) in [6.45, 7) is 4.65. The second-order valence-electron chi connectivity index (χ2n) is 3.91. The SMILES string of the molecule is CCOC(=O)C1CCN[C@H]2COC[C@H]12. The first kappa shape index (κ1) is 9.93. The van der Waals surface area contributed by atoms with E-state index in [9.17, 15) is 4.79 Å². The van der Waals surface area contributed by atoms with Crippen LogP contribution in [0.1, 0.15) is 13.3 Å². The van der Waals surface area contributed by atoms with E-state index in [-0.39, 0.29) is 11.9 Å². The third-order valence-electron chi connectivity index (χ3n) is 3.09. The predicted octanol–water partition coefficient (Wildman–Crippen LogP) is 0.174. The van der Waals surface area contributed by atoms with Crippen LogP contribution in [0.5, 0.6) is 0 Å². The number of nitrogens with one attached hydrogen (secondary N) is 1. The maximum atomic E-state index is 11.6. The van der Waals surface area contributed by atoms with Crippen LogP contribution in [0.4, 0.5) is 0 Å². The Kier molecular flexibility index (Phi) is 3.03. The minimum atomic E-state index is -0.0468. The molecule has 3 atom stereocenters. The number of fused-ring (bicyclic) bond motifs is 1. The number of rotatable bonds is 2. The largest absolute Gasteiger partial charge is 0.466 e. The van der Waals surface area contributed by atoms with Gasteiger partial charge in [-0.1, -0.05) is 0 Å². The van der Waals surface area contributed by atoms with Gasteiger partial charge in [0.1, 0.15) is 0 Å². The Morgan fingerprint density at radius 2 is 2.43 bits per heavy atom. The molecule has 0 spiro atoms. The van der Waals surface area contributed by atoms with Gasteiger partial charge in [0.15, 0.2) is 0 Å². The molecule has 0 aliphatic carbocycles. The molecule has 2 fully saturated rings. The summed E-state index contributed by atoms with van der Waals surface area (Å²) < 4.78 is 10.4. The van der Waals surface area contributed by atoms with E-state index >= 15 is 0 Å². The van der Waals surface area contributed by atoms with Crippen molar-refractivity contribution in [1.82, 2.24) is 5.32 Å². The molecular formula is C10H17NO3. The fourth-order valence-electron chi connectivity index (χ4n) is 2.36. The summed E-state index contributed by atoms with van der Waals surface area (Å²) in [5.41, 5.74) is 0. The zero-order valence-corrected chi connectivity index (χ0v) is 8.49. The standard InChI is InChI=1S/C10H17NO3/c1-2-14-10(12)7-3-4-11-9-6-13-5-8(7)9/h7-9,11H,2-6H2,1H3/t7?,8-,9+/m1/s1. The van der Waals surface area contributed by atoms with Gasteiger partial charge in [-0.15, -0.1) is 0 Å². The first-order chi connectivity index (χ1) is 6.83. The van der Waals surface area contributed by atoms with E-state index in [1.807, 2.05) is 6.92 Å². The molecule has 0 aromatic heterocycles. The van der Waals surface area contributed by atoms with Crippen LogP contribution in [0.2, 0.25) is 0 Å². The maximum absolute atomic E-state index is 11.6. The molecule has 0 radical (unpaired) electrons. The molecule has 2 saturated heterocycles. The van der Waals surface area contributed by atoms with Crippen LogP contribution in [0.25, 0.3) is 0 Å². The van der Waals surface area contributed by atoms with E-state index < -0.39 is 0 Å². The summed E-state index contributed by atoms with van der Waals surface area (Å²) in [5.74, 6) is 0.320. The van der Waals surface area contributed by atoms with Crippen molar-refractivity contribution in [3.8, 4) is 0 Å². The lowest BCUT2D eigenvalue weighted by Gasteiger charge is -2.31. The first-order valence-corrected chi connectivity index (χ1v) is 5.30. The molecule has 2 aliphatic rings. The molecule has 0 bridgehead atoms. The Hall–Kier alpha value is -0.610. The third-order valence-corrected chi connectivity index (χ3v) is 3.09. The lowest BCUT2D eigenvalue weighted by Crippen LogP contribution is -2.48. The van der Waals surface area contributed by atoms with Crippen molar-refractivity contribution in [2.45, 2.75) is 19.4 Å². The van der Waals surface area contributed by atoms with Gasteiger partial charge in [0.25, 0.3) is 0 Å². The zero-order valence-electron chi connectivity index (χ0n) is 8.49. The van der Waals surface area contributed by atoms with Gasteiger partial charge in [-0.25, -0.2) is 0 Å². The summed E-state index contributed by atoms with van der Waals surface area (Å²) in [6.07, 6.45) is 0.878. The summed E-state index contributed by atoms with van der Waals surface area (Å²) in [4.78, 5) is 11.6.